The van der Waals surface area contributed by atoms with E-state index in [0.717, 1.165) is 12.0 Å². The highest BCUT2D eigenvalue weighted by Crippen LogP contribution is 2.36. The van der Waals surface area contributed by atoms with Gasteiger partial charge < -0.3 is 10.2 Å². The predicted molar refractivity (Wildman–Crippen MR) is 60.5 cm³/mol. The molecule has 0 aromatic heterocycles. The molecule has 2 aromatic rings. The normalized spacial score (nSPS) is 10.9. The molecule has 0 aliphatic heterocycles. The van der Waals surface area contributed by atoms with Crippen LogP contribution in [0.3, 0.4) is 0 Å². The van der Waals surface area contributed by atoms with E-state index < -0.39 is 0 Å². The number of aromatic hydroxyl groups is 1. The second kappa shape index (κ2) is 4.80. The molecule has 2 N–H and O–H groups in total. The number of phenols is 1. The van der Waals surface area contributed by atoms with Gasteiger partial charge in [-0.15, -0.1) is 4.33 Å². The lowest BCUT2D eigenvalue weighted by molar-refractivity contribution is -0.432. The van der Waals surface area contributed by atoms with Gasteiger partial charge >= 0.3 is 0 Å². The first-order valence-electron chi connectivity index (χ1n) is 4.71. The van der Waals surface area contributed by atoms with Crippen LogP contribution in [0.1, 0.15) is 5.56 Å². The van der Waals surface area contributed by atoms with Crippen LogP contribution in [-0.4, -0.2) is 10.4 Å². The van der Waals surface area contributed by atoms with Crippen molar-refractivity contribution in [3.63, 3.8) is 0 Å². The van der Waals surface area contributed by atoms with Crippen molar-refractivity contribution in [2.45, 2.75) is 11.8 Å². The van der Waals surface area contributed by atoms with Gasteiger partial charge in [0.15, 0.2) is 0 Å². The summed E-state index contributed by atoms with van der Waals surface area (Å²) in [6.07, 6.45) is 0. The Labute approximate surface area is 101 Å². The molecule has 5 nitrogen and oxygen atoms in total. The Kier molecular flexibility index (Phi) is 3.39. The molecule has 0 radical (unpaired) electrons. The molecule has 0 spiro atoms. The zero-order valence-electron chi connectivity index (χ0n) is 8.84. The van der Waals surface area contributed by atoms with Crippen LogP contribution in [0.4, 0.5) is 0 Å². The Morgan fingerprint density at radius 2 is 2.06 bits per heavy atom. The number of hydrogen-bond donors (Lipinski definition) is 2. The quantitative estimate of drug-likeness (QED) is 0.496. The maximum absolute atomic E-state index is 12.0. The standard InChI is InChI=1S/C11H10O5S/c1-6-10(17-16-15-14)4-7-2-3-8(12)5-9(7)11(6)13/h2-5,12-14H,1H3/p-1. The van der Waals surface area contributed by atoms with E-state index in [0.29, 0.717) is 21.2 Å². The third kappa shape index (κ3) is 2.29. The summed E-state index contributed by atoms with van der Waals surface area (Å²) in [6, 6.07) is 6.27. The van der Waals surface area contributed by atoms with Gasteiger partial charge in [-0.2, -0.15) is 0 Å². The van der Waals surface area contributed by atoms with E-state index in [1.54, 1.807) is 19.1 Å². The minimum atomic E-state index is -0.192. The van der Waals surface area contributed by atoms with E-state index in [-0.39, 0.29) is 11.5 Å². The monoisotopic (exact) mass is 253 g/mol. The van der Waals surface area contributed by atoms with Crippen LogP contribution in [0.15, 0.2) is 29.2 Å². The van der Waals surface area contributed by atoms with Crippen LogP contribution in [-0.2, 0) is 9.37 Å². The van der Waals surface area contributed by atoms with Crippen molar-refractivity contribution in [1.29, 1.82) is 0 Å². The fourth-order valence-corrected chi connectivity index (χ4v) is 2.07. The lowest BCUT2D eigenvalue weighted by Crippen LogP contribution is -1.97. The Hall–Kier alpha value is -1.47. The molecule has 0 aliphatic rings. The summed E-state index contributed by atoms with van der Waals surface area (Å²) in [4.78, 5) is 0.544. The summed E-state index contributed by atoms with van der Waals surface area (Å²) in [5.41, 5.74) is 0.463. The summed E-state index contributed by atoms with van der Waals surface area (Å²) in [7, 11) is 0. The number of phenolic OH excluding ortho intramolecular Hbond substituents is 1. The number of fused-ring (bicyclic) bond motifs is 1. The van der Waals surface area contributed by atoms with Crippen molar-refractivity contribution in [2.24, 2.45) is 0 Å². The molecule has 0 fully saturated rings. The molecule has 0 heterocycles. The number of hydrogen-bond acceptors (Lipinski definition) is 6. The second-order valence-electron chi connectivity index (χ2n) is 3.46. The molecule has 17 heavy (non-hydrogen) atoms. The average molecular weight is 253 g/mol. The van der Waals surface area contributed by atoms with Crippen LogP contribution in [0.2, 0.25) is 0 Å². The molecule has 90 valence electrons. The van der Waals surface area contributed by atoms with E-state index >= 15 is 0 Å². The van der Waals surface area contributed by atoms with Gasteiger partial charge in [0.05, 0.1) is 12.0 Å². The Morgan fingerprint density at radius 1 is 1.29 bits per heavy atom. The third-order valence-electron chi connectivity index (χ3n) is 2.43. The molecule has 0 unspecified atom stereocenters. The lowest BCUT2D eigenvalue weighted by atomic mass is 10.1. The molecule has 2 rings (SSSR count). The first kappa shape index (κ1) is 12.0. The smallest absolute Gasteiger partial charge is 0.116 e. The largest absolute Gasteiger partial charge is 0.872 e. The van der Waals surface area contributed by atoms with Crippen molar-refractivity contribution in [3.05, 3.63) is 29.8 Å². The average Bonchev–Trinajstić information content (AvgIpc) is 2.33. The van der Waals surface area contributed by atoms with Gasteiger partial charge in [-0.3, -0.25) is 0 Å². The minimum Gasteiger partial charge on any atom is -0.872 e. The molecule has 0 saturated heterocycles. The minimum absolute atomic E-state index is 0.0457. The second-order valence-corrected chi connectivity index (χ2v) is 4.20. The molecule has 0 saturated carbocycles. The highest BCUT2D eigenvalue weighted by atomic mass is 32.2. The van der Waals surface area contributed by atoms with E-state index in [9.17, 15) is 10.2 Å². The molecule has 0 bridgehead atoms. The molecule has 0 amide bonds. The van der Waals surface area contributed by atoms with Gasteiger partial charge in [0.25, 0.3) is 0 Å². The summed E-state index contributed by atoms with van der Waals surface area (Å²) in [5, 5.41) is 34.0. The summed E-state index contributed by atoms with van der Waals surface area (Å²) in [5.74, 6) is -0.146. The molecule has 2 aromatic carbocycles. The van der Waals surface area contributed by atoms with E-state index in [1.807, 2.05) is 0 Å². The van der Waals surface area contributed by atoms with Crippen LogP contribution >= 0.6 is 12.0 Å². The highest BCUT2D eigenvalue weighted by molar-refractivity contribution is 7.94. The fraction of sp³-hybridized carbons (Fsp3) is 0.0909. The molecule has 0 atom stereocenters. The summed E-state index contributed by atoms with van der Waals surface area (Å²) < 4.78 is 4.31. The summed E-state index contributed by atoms with van der Waals surface area (Å²) >= 11 is 0.746. The van der Waals surface area contributed by atoms with Crippen molar-refractivity contribution < 1.29 is 24.8 Å². The topological polar surface area (TPSA) is 82.0 Å². The van der Waals surface area contributed by atoms with E-state index in [4.69, 9.17) is 5.26 Å². The van der Waals surface area contributed by atoms with Crippen molar-refractivity contribution >= 4 is 22.8 Å². The van der Waals surface area contributed by atoms with Crippen LogP contribution in [0, 0.1) is 6.92 Å². The number of rotatable bonds is 3. The van der Waals surface area contributed by atoms with Crippen LogP contribution < -0.4 is 5.11 Å². The molecule has 0 aliphatic carbocycles. The van der Waals surface area contributed by atoms with Gasteiger partial charge in [-0.05, 0) is 41.5 Å². The van der Waals surface area contributed by atoms with Crippen LogP contribution in [0.25, 0.3) is 10.8 Å². The highest BCUT2D eigenvalue weighted by Gasteiger charge is 2.06. The van der Waals surface area contributed by atoms with Gasteiger partial charge in [0.2, 0.25) is 0 Å². The Morgan fingerprint density at radius 3 is 2.76 bits per heavy atom. The van der Waals surface area contributed by atoms with Gasteiger partial charge in [-0.25, -0.2) is 5.26 Å². The summed E-state index contributed by atoms with van der Waals surface area (Å²) in [6.45, 7) is 1.63. The predicted octanol–water partition coefficient (Wildman–Crippen LogP) is 2.36. The molecular weight excluding hydrogens is 244 g/mol. The van der Waals surface area contributed by atoms with E-state index in [1.165, 1.54) is 12.1 Å². The Balaban J connectivity index is 2.58. The SMILES string of the molecule is Cc1c(SOOO)cc2ccc(O)cc2c1[O-]. The van der Waals surface area contributed by atoms with Crippen molar-refractivity contribution in [2.75, 3.05) is 0 Å². The molecule has 6 heteroatoms. The van der Waals surface area contributed by atoms with Gasteiger partial charge in [0, 0.05) is 4.90 Å². The first-order chi connectivity index (χ1) is 8.13. The van der Waals surface area contributed by atoms with E-state index in [2.05, 4.69) is 9.37 Å². The number of benzene rings is 2. The van der Waals surface area contributed by atoms with Gasteiger partial charge in [-0.1, -0.05) is 16.9 Å². The molecular formula is C11H9O5S-. The third-order valence-corrected chi connectivity index (χ3v) is 3.17. The van der Waals surface area contributed by atoms with Crippen molar-refractivity contribution in [3.8, 4) is 11.5 Å². The first-order valence-corrected chi connectivity index (χ1v) is 5.45. The zero-order chi connectivity index (χ0) is 12.4. The lowest BCUT2D eigenvalue weighted by Gasteiger charge is -2.17. The van der Waals surface area contributed by atoms with Crippen LogP contribution in [0.5, 0.6) is 11.5 Å². The maximum atomic E-state index is 12.0. The maximum Gasteiger partial charge on any atom is 0.116 e. The van der Waals surface area contributed by atoms with Gasteiger partial charge in [0.1, 0.15) is 5.75 Å². The van der Waals surface area contributed by atoms with Crippen molar-refractivity contribution in [1.82, 2.24) is 0 Å². The fourth-order valence-electron chi connectivity index (χ4n) is 1.57. The Bertz CT molecular complexity index is 555. The zero-order valence-corrected chi connectivity index (χ0v) is 9.65.